The van der Waals surface area contributed by atoms with E-state index in [9.17, 15) is 9.90 Å². The Bertz CT molecular complexity index is 401. The fourth-order valence-corrected chi connectivity index (χ4v) is 3.83. The number of aliphatic hydroxyl groups excluding tert-OH is 1. The van der Waals surface area contributed by atoms with Crippen LogP contribution in [0.25, 0.3) is 0 Å². The van der Waals surface area contributed by atoms with E-state index in [4.69, 9.17) is 0 Å². The molecule has 0 aromatic heterocycles. The summed E-state index contributed by atoms with van der Waals surface area (Å²) in [6.07, 6.45) is 3.82. The van der Waals surface area contributed by atoms with Gasteiger partial charge in [-0.25, -0.2) is 0 Å². The highest BCUT2D eigenvalue weighted by Gasteiger charge is 2.31. The molecular weight excluding hydrogens is 270 g/mol. The topological polar surface area (TPSA) is 49.7 Å². The van der Waals surface area contributed by atoms with Crippen LogP contribution in [0.1, 0.15) is 52.9 Å². The normalized spacial score (nSPS) is 25.9. The van der Waals surface area contributed by atoms with Crippen molar-refractivity contribution in [1.29, 1.82) is 0 Å². The first kappa shape index (κ1) is 17.3. The summed E-state index contributed by atoms with van der Waals surface area (Å²) in [5, 5.41) is 10.6. The van der Waals surface area contributed by atoms with Crippen LogP contribution in [0.3, 0.4) is 0 Å². The molecular formula is C16H27NO2S. The summed E-state index contributed by atoms with van der Waals surface area (Å²) in [6.45, 7) is 6.39. The Balaban J connectivity index is 2.81. The number of hydrogen-bond donors (Lipinski definition) is 1. The van der Waals surface area contributed by atoms with Crippen LogP contribution in [0.15, 0.2) is 16.3 Å². The highest BCUT2D eigenvalue weighted by Crippen LogP contribution is 2.31. The maximum Gasteiger partial charge on any atom is 0.168 e. The van der Waals surface area contributed by atoms with E-state index in [1.807, 2.05) is 18.7 Å². The minimum atomic E-state index is 0.0708. The zero-order valence-electron chi connectivity index (χ0n) is 13.1. The van der Waals surface area contributed by atoms with Crippen LogP contribution in [0.5, 0.6) is 0 Å². The summed E-state index contributed by atoms with van der Waals surface area (Å²) in [5.74, 6) is 1.78. The lowest BCUT2D eigenvalue weighted by molar-refractivity contribution is -0.116. The molecule has 20 heavy (non-hydrogen) atoms. The van der Waals surface area contributed by atoms with Crippen molar-refractivity contribution in [2.75, 3.05) is 12.8 Å². The zero-order valence-corrected chi connectivity index (χ0v) is 13.9. The van der Waals surface area contributed by atoms with Crippen molar-refractivity contribution < 1.29 is 9.90 Å². The second kappa shape index (κ2) is 8.50. The number of allylic oxidation sites excluding steroid dienone is 2. The summed E-state index contributed by atoms with van der Waals surface area (Å²) >= 11 is 1.94. The lowest BCUT2D eigenvalue weighted by atomic mass is 9.80. The van der Waals surface area contributed by atoms with Gasteiger partial charge in [0.05, 0.1) is 5.57 Å². The van der Waals surface area contributed by atoms with Crippen molar-refractivity contribution in [2.24, 2.45) is 10.9 Å². The number of Topliss-reactive ketones (excluding diaryl/α,β-unsaturated/α-hetero) is 1. The SMILES string of the molecule is CCC/C(O)=C1/C(=O)CC(CC(C)SCC)CC1=NC. The molecule has 0 aliphatic heterocycles. The highest BCUT2D eigenvalue weighted by atomic mass is 32.2. The third-order valence-corrected chi connectivity index (χ3v) is 4.78. The standard InChI is InChI=1S/C16H27NO2S/c1-5-7-14(18)16-13(17-4)9-12(10-15(16)19)8-11(3)20-6-2/h11-12,18H,5-10H2,1-4H3/b16-14-,17-13?. The summed E-state index contributed by atoms with van der Waals surface area (Å²) in [4.78, 5) is 16.6. The Morgan fingerprint density at radius 1 is 1.45 bits per heavy atom. The number of thioether (sulfide) groups is 1. The molecule has 0 spiro atoms. The van der Waals surface area contributed by atoms with Crippen molar-refractivity contribution in [1.82, 2.24) is 0 Å². The van der Waals surface area contributed by atoms with E-state index in [0.29, 0.717) is 29.6 Å². The van der Waals surface area contributed by atoms with Crippen LogP contribution < -0.4 is 0 Å². The largest absolute Gasteiger partial charge is 0.511 e. The van der Waals surface area contributed by atoms with Gasteiger partial charge in [-0.15, -0.1) is 0 Å². The van der Waals surface area contributed by atoms with E-state index in [-0.39, 0.29) is 11.5 Å². The van der Waals surface area contributed by atoms with Gasteiger partial charge in [0.15, 0.2) is 5.78 Å². The molecule has 3 nitrogen and oxygen atoms in total. The quantitative estimate of drug-likeness (QED) is 0.591. The molecule has 0 aromatic carbocycles. The number of aliphatic imine (C=N–C) groups is 1. The molecule has 1 fully saturated rings. The number of rotatable bonds is 6. The van der Waals surface area contributed by atoms with E-state index in [0.717, 1.165) is 30.7 Å². The first-order valence-corrected chi connectivity index (χ1v) is 8.61. The summed E-state index contributed by atoms with van der Waals surface area (Å²) < 4.78 is 0. The van der Waals surface area contributed by atoms with Crippen LogP contribution in [-0.2, 0) is 4.79 Å². The molecule has 0 saturated heterocycles. The van der Waals surface area contributed by atoms with Crippen molar-refractivity contribution in [3.05, 3.63) is 11.3 Å². The number of aliphatic hydroxyl groups is 1. The summed E-state index contributed by atoms with van der Waals surface area (Å²) in [5.41, 5.74) is 1.30. The Labute approximate surface area is 126 Å². The third kappa shape index (κ3) is 4.65. The van der Waals surface area contributed by atoms with Gasteiger partial charge in [0.25, 0.3) is 0 Å². The van der Waals surface area contributed by atoms with E-state index >= 15 is 0 Å². The first-order chi connectivity index (χ1) is 9.53. The van der Waals surface area contributed by atoms with Crippen molar-refractivity contribution in [2.45, 2.75) is 58.1 Å². The Kier molecular flexibility index (Phi) is 7.35. The van der Waals surface area contributed by atoms with Gasteiger partial charge in [0.2, 0.25) is 0 Å². The van der Waals surface area contributed by atoms with E-state index in [2.05, 4.69) is 18.8 Å². The predicted octanol–water partition coefficient (Wildman–Crippen LogP) is 4.18. The third-order valence-electron chi connectivity index (χ3n) is 3.69. The lowest BCUT2D eigenvalue weighted by Gasteiger charge is -2.27. The van der Waals surface area contributed by atoms with Crippen molar-refractivity contribution in [3.63, 3.8) is 0 Å². The number of nitrogens with zero attached hydrogens (tertiary/aromatic N) is 1. The monoisotopic (exact) mass is 297 g/mol. The van der Waals surface area contributed by atoms with E-state index < -0.39 is 0 Å². The molecule has 4 heteroatoms. The van der Waals surface area contributed by atoms with Crippen molar-refractivity contribution in [3.8, 4) is 0 Å². The lowest BCUT2D eigenvalue weighted by Crippen LogP contribution is -2.29. The average molecular weight is 297 g/mol. The number of hydrogen-bond acceptors (Lipinski definition) is 4. The van der Waals surface area contributed by atoms with Crippen molar-refractivity contribution >= 4 is 23.3 Å². The van der Waals surface area contributed by atoms with Crippen LogP contribution in [0.2, 0.25) is 0 Å². The number of carbonyl (C=O) groups excluding carboxylic acids is 1. The fourth-order valence-electron chi connectivity index (χ4n) is 2.85. The molecule has 1 aliphatic rings. The smallest absolute Gasteiger partial charge is 0.168 e. The zero-order chi connectivity index (χ0) is 15.1. The van der Waals surface area contributed by atoms with E-state index in [1.54, 1.807) is 7.05 Å². The highest BCUT2D eigenvalue weighted by molar-refractivity contribution is 7.99. The van der Waals surface area contributed by atoms with Gasteiger partial charge in [-0.3, -0.25) is 9.79 Å². The number of carbonyl (C=O) groups is 1. The Hall–Kier alpha value is -0.770. The second-order valence-electron chi connectivity index (χ2n) is 5.44. The molecule has 2 atom stereocenters. The molecule has 0 aromatic rings. The average Bonchev–Trinajstić information content (AvgIpc) is 2.38. The maximum absolute atomic E-state index is 12.3. The van der Waals surface area contributed by atoms with Gasteiger partial charge in [-0.05, 0) is 30.9 Å². The van der Waals surface area contributed by atoms with Crippen LogP contribution in [0, 0.1) is 5.92 Å². The Morgan fingerprint density at radius 2 is 2.15 bits per heavy atom. The molecule has 0 bridgehead atoms. The van der Waals surface area contributed by atoms with Crippen LogP contribution >= 0.6 is 11.8 Å². The molecule has 0 heterocycles. The molecule has 1 aliphatic carbocycles. The molecule has 1 N–H and O–H groups in total. The Morgan fingerprint density at radius 3 is 2.70 bits per heavy atom. The second-order valence-corrected chi connectivity index (χ2v) is 7.16. The van der Waals surface area contributed by atoms with Gasteiger partial charge >= 0.3 is 0 Å². The summed E-state index contributed by atoms with van der Waals surface area (Å²) in [7, 11) is 1.72. The molecule has 1 saturated carbocycles. The predicted molar refractivity (Wildman–Crippen MR) is 87.9 cm³/mol. The van der Waals surface area contributed by atoms with Gasteiger partial charge in [-0.1, -0.05) is 20.8 Å². The molecule has 0 amide bonds. The molecule has 0 radical (unpaired) electrons. The first-order valence-electron chi connectivity index (χ1n) is 7.56. The van der Waals surface area contributed by atoms with Gasteiger partial charge in [-0.2, -0.15) is 11.8 Å². The molecule has 114 valence electrons. The summed E-state index contributed by atoms with van der Waals surface area (Å²) in [6, 6.07) is 0. The van der Waals surface area contributed by atoms with Gasteiger partial charge < -0.3 is 5.11 Å². The minimum Gasteiger partial charge on any atom is -0.511 e. The van der Waals surface area contributed by atoms with Crippen LogP contribution in [0.4, 0.5) is 0 Å². The molecule has 1 rings (SSSR count). The van der Waals surface area contributed by atoms with E-state index in [1.165, 1.54) is 0 Å². The maximum atomic E-state index is 12.3. The molecule has 2 unspecified atom stereocenters. The van der Waals surface area contributed by atoms with Crippen LogP contribution in [-0.4, -0.2) is 34.7 Å². The number of ketones is 1. The minimum absolute atomic E-state index is 0.0708. The van der Waals surface area contributed by atoms with Gasteiger partial charge in [0, 0.05) is 30.9 Å². The van der Waals surface area contributed by atoms with Gasteiger partial charge in [0.1, 0.15) is 5.76 Å². The fraction of sp³-hybridized carbons (Fsp3) is 0.750.